The van der Waals surface area contributed by atoms with Gasteiger partial charge in [0.05, 0.1) is 4.90 Å². The molecule has 1 fully saturated rings. The maximum atomic E-state index is 12.7. The number of carbonyl (C=O) groups is 1. The van der Waals surface area contributed by atoms with Gasteiger partial charge in [0.15, 0.2) is 0 Å². The van der Waals surface area contributed by atoms with Crippen LogP contribution in [0.3, 0.4) is 0 Å². The lowest BCUT2D eigenvalue weighted by molar-refractivity contribution is -0.114. The number of hydrogen-bond acceptors (Lipinski definition) is 4. The highest BCUT2D eigenvalue weighted by molar-refractivity contribution is 7.89. The molecule has 1 aliphatic heterocycles. The minimum atomic E-state index is -3.53. The Balaban J connectivity index is 2.33. The Morgan fingerprint density at radius 3 is 2.67 bits per heavy atom. The lowest BCUT2D eigenvalue weighted by Gasteiger charge is -2.18. The van der Waals surface area contributed by atoms with Crippen LogP contribution in [0.2, 0.25) is 0 Å². The van der Waals surface area contributed by atoms with Gasteiger partial charge in [-0.3, -0.25) is 4.79 Å². The van der Waals surface area contributed by atoms with Crippen LogP contribution in [0.4, 0.5) is 5.69 Å². The normalized spacial score (nSPS) is 19.7. The summed E-state index contributed by atoms with van der Waals surface area (Å²) in [4.78, 5) is 11.4. The summed E-state index contributed by atoms with van der Waals surface area (Å²) < 4.78 is 27.0. The van der Waals surface area contributed by atoms with Crippen molar-refractivity contribution in [2.45, 2.75) is 31.2 Å². The summed E-state index contributed by atoms with van der Waals surface area (Å²) in [5.41, 5.74) is 1.17. The van der Waals surface area contributed by atoms with Crippen LogP contribution in [-0.4, -0.2) is 44.8 Å². The van der Waals surface area contributed by atoms with Crippen LogP contribution in [0.5, 0.6) is 0 Å². The second-order valence-corrected chi connectivity index (χ2v) is 7.21. The second kappa shape index (κ2) is 6.13. The van der Waals surface area contributed by atoms with E-state index >= 15 is 0 Å². The Kier molecular flexibility index (Phi) is 4.65. The van der Waals surface area contributed by atoms with Crippen molar-refractivity contribution < 1.29 is 13.2 Å². The molecule has 2 N–H and O–H groups in total. The molecule has 0 saturated carbocycles. The first kappa shape index (κ1) is 15.9. The highest BCUT2D eigenvalue weighted by atomic mass is 32.2. The molecule has 21 heavy (non-hydrogen) atoms. The molecule has 2 rings (SSSR count). The van der Waals surface area contributed by atoms with Crippen LogP contribution in [0.25, 0.3) is 0 Å². The predicted octanol–water partition coefficient (Wildman–Crippen LogP) is 0.936. The molecule has 1 heterocycles. The molecule has 0 spiro atoms. The first-order chi connectivity index (χ1) is 9.84. The van der Waals surface area contributed by atoms with Crippen LogP contribution < -0.4 is 10.6 Å². The fraction of sp³-hybridized carbons (Fsp3) is 0.500. The van der Waals surface area contributed by atoms with E-state index in [4.69, 9.17) is 0 Å². The Morgan fingerprint density at radius 1 is 1.38 bits per heavy atom. The first-order valence-corrected chi connectivity index (χ1v) is 8.34. The number of benzene rings is 1. The number of carbonyl (C=O) groups excluding carboxylic acids is 1. The Labute approximate surface area is 125 Å². The average molecular weight is 311 g/mol. The van der Waals surface area contributed by atoms with Crippen LogP contribution in [0.1, 0.15) is 18.9 Å². The van der Waals surface area contributed by atoms with Crippen molar-refractivity contribution in [3.63, 3.8) is 0 Å². The SMILES string of the molecule is CNC1CCN(S(=O)(=O)c2cc(NC(C)=O)ccc2C)C1. The van der Waals surface area contributed by atoms with Crippen molar-refractivity contribution in [2.24, 2.45) is 0 Å². The maximum Gasteiger partial charge on any atom is 0.243 e. The van der Waals surface area contributed by atoms with E-state index in [0.29, 0.717) is 24.3 Å². The second-order valence-electron chi connectivity index (χ2n) is 5.30. The minimum absolute atomic E-state index is 0.193. The van der Waals surface area contributed by atoms with Gasteiger partial charge in [0.1, 0.15) is 0 Å². The van der Waals surface area contributed by atoms with Crippen LogP contribution in [0, 0.1) is 6.92 Å². The van der Waals surface area contributed by atoms with E-state index in [-0.39, 0.29) is 16.8 Å². The van der Waals surface area contributed by atoms with Crippen LogP contribution >= 0.6 is 0 Å². The van der Waals surface area contributed by atoms with Crippen molar-refractivity contribution >= 4 is 21.6 Å². The third-order valence-corrected chi connectivity index (χ3v) is 5.69. The van der Waals surface area contributed by atoms with Gasteiger partial charge >= 0.3 is 0 Å². The maximum absolute atomic E-state index is 12.7. The van der Waals surface area contributed by atoms with Crippen LogP contribution in [0.15, 0.2) is 23.1 Å². The quantitative estimate of drug-likeness (QED) is 0.867. The van der Waals surface area contributed by atoms with Crippen molar-refractivity contribution in [3.05, 3.63) is 23.8 Å². The Morgan fingerprint density at radius 2 is 2.10 bits per heavy atom. The zero-order valence-corrected chi connectivity index (χ0v) is 13.3. The topological polar surface area (TPSA) is 78.5 Å². The van der Waals surface area contributed by atoms with E-state index in [1.54, 1.807) is 19.1 Å². The first-order valence-electron chi connectivity index (χ1n) is 6.90. The number of rotatable bonds is 4. The predicted molar refractivity (Wildman–Crippen MR) is 81.7 cm³/mol. The Bertz CT molecular complexity index is 643. The number of aryl methyl sites for hydroxylation is 1. The summed E-state index contributed by atoms with van der Waals surface area (Å²) in [7, 11) is -1.69. The summed E-state index contributed by atoms with van der Waals surface area (Å²) in [6, 6.07) is 5.14. The van der Waals surface area contributed by atoms with Gasteiger partial charge in [0.2, 0.25) is 15.9 Å². The molecule has 1 saturated heterocycles. The fourth-order valence-corrected chi connectivity index (χ4v) is 4.23. The number of nitrogens with zero attached hydrogens (tertiary/aromatic N) is 1. The number of nitrogens with one attached hydrogen (secondary N) is 2. The molecular formula is C14H21N3O3S. The van der Waals surface area contributed by atoms with Gasteiger partial charge in [-0.1, -0.05) is 6.07 Å². The van der Waals surface area contributed by atoms with Gasteiger partial charge in [0.25, 0.3) is 0 Å². The van der Waals surface area contributed by atoms with Crippen molar-refractivity contribution in [3.8, 4) is 0 Å². The molecule has 1 amide bonds. The fourth-order valence-electron chi connectivity index (χ4n) is 2.48. The number of amides is 1. The standard InChI is InChI=1S/C14H21N3O3S/c1-10-4-5-12(16-11(2)18)8-14(10)21(19,20)17-7-6-13(9-17)15-3/h4-5,8,13,15H,6-7,9H2,1-3H3,(H,16,18). The van der Waals surface area contributed by atoms with E-state index < -0.39 is 10.0 Å². The monoisotopic (exact) mass is 311 g/mol. The zero-order valence-electron chi connectivity index (χ0n) is 12.5. The van der Waals surface area contributed by atoms with Crippen molar-refractivity contribution in [1.82, 2.24) is 9.62 Å². The molecule has 116 valence electrons. The van der Waals surface area contributed by atoms with E-state index in [2.05, 4.69) is 10.6 Å². The highest BCUT2D eigenvalue weighted by Gasteiger charge is 2.32. The van der Waals surface area contributed by atoms with Gasteiger partial charge in [-0.25, -0.2) is 8.42 Å². The van der Waals surface area contributed by atoms with E-state index in [9.17, 15) is 13.2 Å². The molecule has 0 aliphatic carbocycles. The molecule has 7 heteroatoms. The molecule has 0 radical (unpaired) electrons. The van der Waals surface area contributed by atoms with E-state index in [1.165, 1.54) is 17.3 Å². The zero-order chi connectivity index (χ0) is 15.6. The lowest BCUT2D eigenvalue weighted by Crippen LogP contribution is -2.33. The number of hydrogen-bond donors (Lipinski definition) is 2. The highest BCUT2D eigenvalue weighted by Crippen LogP contribution is 2.26. The van der Waals surface area contributed by atoms with Gasteiger partial charge in [-0.15, -0.1) is 0 Å². The summed E-state index contributed by atoms with van der Waals surface area (Å²) in [5, 5.41) is 5.73. The minimum Gasteiger partial charge on any atom is -0.326 e. The molecule has 1 unspecified atom stereocenters. The summed E-state index contributed by atoms with van der Waals surface area (Å²) >= 11 is 0. The molecule has 1 aromatic rings. The van der Waals surface area contributed by atoms with Gasteiger partial charge in [-0.05, 0) is 38.1 Å². The third-order valence-electron chi connectivity index (χ3n) is 3.69. The average Bonchev–Trinajstić information content (AvgIpc) is 2.89. The number of sulfonamides is 1. The molecule has 0 aromatic heterocycles. The van der Waals surface area contributed by atoms with Crippen LogP contribution in [-0.2, 0) is 14.8 Å². The van der Waals surface area contributed by atoms with Crippen molar-refractivity contribution in [2.75, 3.05) is 25.5 Å². The molecule has 0 bridgehead atoms. The van der Waals surface area contributed by atoms with Crippen molar-refractivity contribution in [1.29, 1.82) is 0 Å². The number of anilines is 1. The molecule has 1 aliphatic rings. The molecule has 6 nitrogen and oxygen atoms in total. The largest absolute Gasteiger partial charge is 0.326 e. The van der Waals surface area contributed by atoms with E-state index in [1.807, 2.05) is 7.05 Å². The van der Waals surface area contributed by atoms with Gasteiger partial charge in [0, 0.05) is 31.7 Å². The number of likely N-dealkylation sites (N-methyl/N-ethyl adjacent to an activating group) is 1. The van der Waals surface area contributed by atoms with Gasteiger partial charge < -0.3 is 10.6 Å². The molecule has 1 atom stereocenters. The van der Waals surface area contributed by atoms with Gasteiger partial charge in [-0.2, -0.15) is 4.31 Å². The van der Waals surface area contributed by atoms with E-state index in [0.717, 1.165) is 6.42 Å². The molecule has 1 aromatic carbocycles. The third kappa shape index (κ3) is 3.42. The summed E-state index contributed by atoms with van der Waals surface area (Å²) in [6.07, 6.45) is 0.806. The Hall–Kier alpha value is -1.44. The summed E-state index contributed by atoms with van der Waals surface area (Å²) in [5.74, 6) is -0.223. The lowest BCUT2D eigenvalue weighted by atomic mass is 10.2. The smallest absolute Gasteiger partial charge is 0.243 e. The molecular weight excluding hydrogens is 290 g/mol. The summed E-state index contributed by atoms with van der Waals surface area (Å²) in [6.45, 7) is 4.14.